The van der Waals surface area contributed by atoms with E-state index in [1.165, 1.54) is 0 Å². The molecule has 1 heterocycles. The van der Waals surface area contributed by atoms with Crippen LogP contribution in [-0.4, -0.2) is 36.2 Å². The Kier molecular flexibility index (Phi) is 5.36. The fraction of sp³-hybridized carbons (Fsp3) is 0.647. The third-order valence-electron chi connectivity index (χ3n) is 3.72. The van der Waals surface area contributed by atoms with Gasteiger partial charge in [-0.3, -0.25) is 4.90 Å². The second kappa shape index (κ2) is 6.86. The predicted molar refractivity (Wildman–Crippen MR) is 83.7 cm³/mol. The maximum absolute atomic E-state index is 14.0. The minimum atomic E-state index is -0.147. The van der Waals surface area contributed by atoms with E-state index in [0.29, 0.717) is 19.2 Å². The molecule has 21 heavy (non-hydrogen) atoms. The van der Waals surface area contributed by atoms with E-state index in [9.17, 15) is 4.39 Å². The summed E-state index contributed by atoms with van der Waals surface area (Å²) in [5.74, 6) is -0.118. The highest BCUT2D eigenvalue weighted by molar-refractivity contribution is 5.25. The Balaban J connectivity index is 2.03. The van der Waals surface area contributed by atoms with Gasteiger partial charge < -0.3 is 10.1 Å². The van der Waals surface area contributed by atoms with Crippen molar-refractivity contribution in [3.05, 3.63) is 35.1 Å². The van der Waals surface area contributed by atoms with Crippen LogP contribution < -0.4 is 5.32 Å². The molecule has 0 unspecified atom stereocenters. The Morgan fingerprint density at radius 3 is 2.81 bits per heavy atom. The van der Waals surface area contributed by atoms with Crippen LogP contribution in [0.25, 0.3) is 0 Å². The van der Waals surface area contributed by atoms with E-state index < -0.39 is 0 Å². The van der Waals surface area contributed by atoms with Crippen molar-refractivity contribution in [1.29, 1.82) is 0 Å². The number of hydrogen-bond acceptors (Lipinski definition) is 3. The Hall–Kier alpha value is -0.970. The third kappa shape index (κ3) is 5.06. The van der Waals surface area contributed by atoms with Crippen LogP contribution in [0.3, 0.4) is 0 Å². The molecular formula is C17H27FN2O. The quantitative estimate of drug-likeness (QED) is 0.903. The van der Waals surface area contributed by atoms with Gasteiger partial charge in [0.1, 0.15) is 5.82 Å². The second-order valence-electron chi connectivity index (χ2n) is 6.78. The topological polar surface area (TPSA) is 24.5 Å². The first-order chi connectivity index (χ1) is 9.85. The van der Waals surface area contributed by atoms with E-state index in [1.54, 1.807) is 6.07 Å². The summed E-state index contributed by atoms with van der Waals surface area (Å²) >= 11 is 0. The lowest BCUT2D eigenvalue weighted by atomic mass is 10.1. The Bertz CT molecular complexity index is 474. The molecule has 3 nitrogen and oxygen atoms in total. The maximum atomic E-state index is 14.0. The molecule has 0 aromatic heterocycles. The van der Waals surface area contributed by atoms with Crippen LogP contribution in [0.2, 0.25) is 0 Å². The molecule has 1 saturated heterocycles. The first kappa shape index (κ1) is 16.4. The van der Waals surface area contributed by atoms with Gasteiger partial charge in [0, 0.05) is 37.8 Å². The van der Waals surface area contributed by atoms with E-state index >= 15 is 0 Å². The summed E-state index contributed by atoms with van der Waals surface area (Å²) in [6, 6.07) is 5.85. The standard InChI is InChI=1S/C17H27FN2O/c1-13(2)19-10-14-5-6-16(18)15(9-14)11-20-7-8-21-17(3,4)12-20/h5-6,9,13,19H,7-8,10-12H2,1-4H3. The fourth-order valence-corrected chi connectivity index (χ4v) is 2.67. The zero-order valence-corrected chi connectivity index (χ0v) is 13.6. The van der Waals surface area contributed by atoms with Crippen molar-refractivity contribution < 1.29 is 9.13 Å². The lowest BCUT2D eigenvalue weighted by Crippen LogP contribution is -2.47. The first-order valence-electron chi connectivity index (χ1n) is 7.73. The lowest BCUT2D eigenvalue weighted by Gasteiger charge is -2.38. The molecule has 2 rings (SSSR count). The molecule has 0 atom stereocenters. The van der Waals surface area contributed by atoms with Gasteiger partial charge in [-0.05, 0) is 25.5 Å². The normalized spacial score (nSPS) is 19.1. The van der Waals surface area contributed by atoms with Crippen LogP contribution in [-0.2, 0) is 17.8 Å². The van der Waals surface area contributed by atoms with Crippen LogP contribution in [0, 0.1) is 5.82 Å². The molecule has 0 bridgehead atoms. The Morgan fingerprint density at radius 1 is 1.38 bits per heavy atom. The van der Waals surface area contributed by atoms with E-state index in [4.69, 9.17) is 4.74 Å². The number of rotatable bonds is 5. The predicted octanol–water partition coefficient (Wildman–Crippen LogP) is 2.93. The van der Waals surface area contributed by atoms with Gasteiger partial charge in [-0.2, -0.15) is 0 Å². The van der Waals surface area contributed by atoms with Crippen molar-refractivity contribution in [2.75, 3.05) is 19.7 Å². The largest absolute Gasteiger partial charge is 0.373 e. The number of hydrogen-bond donors (Lipinski definition) is 1. The summed E-state index contributed by atoms with van der Waals surface area (Å²) in [6.45, 7) is 12.2. The van der Waals surface area contributed by atoms with Gasteiger partial charge in [-0.1, -0.05) is 26.0 Å². The van der Waals surface area contributed by atoms with Crippen molar-refractivity contribution in [2.24, 2.45) is 0 Å². The van der Waals surface area contributed by atoms with Crippen LogP contribution >= 0.6 is 0 Å². The maximum Gasteiger partial charge on any atom is 0.127 e. The highest BCUT2D eigenvalue weighted by atomic mass is 19.1. The highest BCUT2D eigenvalue weighted by Crippen LogP contribution is 2.20. The van der Waals surface area contributed by atoms with Crippen molar-refractivity contribution >= 4 is 0 Å². The SMILES string of the molecule is CC(C)NCc1ccc(F)c(CN2CCOC(C)(C)C2)c1. The molecule has 4 heteroatoms. The number of halogens is 1. The minimum Gasteiger partial charge on any atom is -0.373 e. The van der Waals surface area contributed by atoms with Gasteiger partial charge in [0.25, 0.3) is 0 Å². The van der Waals surface area contributed by atoms with Crippen LogP contribution in [0.5, 0.6) is 0 Å². The molecular weight excluding hydrogens is 267 g/mol. The molecule has 1 aromatic carbocycles. The van der Waals surface area contributed by atoms with Gasteiger partial charge in [-0.15, -0.1) is 0 Å². The highest BCUT2D eigenvalue weighted by Gasteiger charge is 2.27. The number of benzene rings is 1. The third-order valence-corrected chi connectivity index (χ3v) is 3.72. The summed E-state index contributed by atoms with van der Waals surface area (Å²) in [4.78, 5) is 2.27. The minimum absolute atomic E-state index is 0.118. The molecule has 0 spiro atoms. The summed E-state index contributed by atoms with van der Waals surface area (Å²) < 4.78 is 19.7. The van der Waals surface area contributed by atoms with Gasteiger partial charge in [0.2, 0.25) is 0 Å². The molecule has 0 amide bonds. The number of nitrogens with one attached hydrogen (secondary N) is 1. The average molecular weight is 294 g/mol. The number of morpholine rings is 1. The van der Waals surface area contributed by atoms with Gasteiger partial charge in [0.05, 0.1) is 12.2 Å². The summed E-state index contributed by atoms with van der Waals surface area (Å²) in [5.41, 5.74) is 1.76. The average Bonchev–Trinajstić information content (AvgIpc) is 2.38. The molecule has 1 aromatic rings. The monoisotopic (exact) mass is 294 g/mol. The van der Waals surface area contributed by atoms with Crippen LogP contribution in [0.15, 0.2) is 18.2 Å². The van der Waals surface area contributed by atoms with Gasteiger partial charge in [-0.25, -0.2) is 4.39 Å². The number of ether oxygens (including phenoxy) is 1. The Labute approximate surface area is 127 Å². The van der Waals surface area contributed by atoms with E-state index in [2.05, 4.69) is 37.9 Å². The lowest BCUT2D eigenvalue weighted by molar-refractivity contribution is -0.0884. The molecule has 1 fully saturated rings. The van der Waals surface area contributed by atoms with Crippen LogP contribution in [0.4, 0.5) is 4.39 Å². The fourth-order valence-electron chi connectivity index (χ4n) is 2.67. The molecule has 118 valence electrons. The zero-order chi connectivity index (χ0) is 15.5. The summed E-state index contributed by atoms with van der Waals surface area (Å²) in [6.07, 6.45) is 0. The molecule has 0 radical (unpaired) electrons. The molecule has 0 saturated carbocycles. The van der Waals surface area contributed by atoms with E-state index in [1.807, 2.05) is 12.1 Å². The summed E-state index contributed by atoms with van der Waals surface area (Å²) in [7, 11) is 0. The van der Waals surface area contributed by atoms with E-state index in [0.717, 1.165) is 30.8 Å². The van der Waals surface area contributed by atoms with Crippen LogP contribution in [0.1, 0.15) is 38.8 Å². The molecule has 1 N–H and O–H groups in total. The van der Waals surface area contributed by atoms with Crippen molar-refractivity contribution in [3.8, 4) is 0 Å². The zero-order valence-electron chi connectivity index (χ0n) is 13.6. The van der Waals surface area contributed by atoms with Gasteiger partial charge >= 0.3 is 0 Å². The molecule has 1 aliphatic heterocycles. The smallest absolute Gasteiger partial charge is 0.127 e. The van der Waals surface area contributed by atoms with Gasteiger partial charge in [0.15, 0.2) is 0 Å². The van der Waals surface area contributed by atoms with Crippen molar-refractivity contribution in [2.45, 2.75) is 52.4 Å². The molecule has 0 aliphatic carbocycles. The van der Waals surface area contributed by atoms with Crippen molar-refractivity contribution in [1.82, 2.24) is 10.2 Å². The Morgan fingerprint density at radius 2 is 2.14 bits per heavy atom. The first-order valence-corrected chi connectivity index (χ1v) is 7.73. The van der Waals surface area contributed by atoms with E-state index in [-0.39, 0.29) is 11.4 Å². The molecule has 1 aliphatic rings. The second-order valence-corrected chi connectivity index (χ2v) is 6.78. The van der Waals surface area contributed by atoms with Crippen molar-refractivity contribution in [3.63, 3.8) is 0 Å². The number of nitrogens with zero attached hydrogens (tertiary/aromatic N) is 1. The summed E-state index contributed by atoms with van der Waals surface area (Å²) in [5, 5.41) is 3.37.